The van der Waals surface area contributed by atoms with Crippen LogP contribution in [0, 0.1) is 0 Å². The lowest BCUT2D eigenvalue weighted by atomic mass is 9.97. The maximum atomic E-state index is 13.4. The van der Waals surface area contributed by atoms with Crippen LogP contribution in [0.5, 0.6) is 5.75 Å². The molecule has 0 saturated heterocycles. The van der Waals surface area contributed by atoms with Crippen LogP contribution in [-0.4, -0.2) is 51.4 Å². The summed E-state index contributed by atoms with van der Waals surface area (Å²) >= 11 is 0. The van der Waals surface area contributed by atoms with Crippen LogP contribution in [-0.2, 0) is 9.47 Å². The van der Waals surface area contributed by atoms with Crippen molar-refractivity contribution in [3.8, 4) is 5.75 Å². The van der Waals surface area contributed by atoms with Gasteiger partial charge in [-0.2, -0.15) is 0 Å². The Labute approximate surface area is 176 Å². The van der Waals surface area contributed by atoms with Gasteiger partial charge in [0, 0.05) is 32.0 Å². The summed E-state index contributed by atoms with van der Waals surface area (Å²) < 4.78 is 16.5. The van der Waals surface area contributed by atoms with Gasteiger partial charge in [-0.25, -0.2) is 0 Å². The van der Waals surface area contributed by atoms with Gasteiger partial charge in [0.2, 0.25) is 0 Å². The molecule has 6 nitrogen and oxygen atoms in total. The van der Waals surface area contributed by atoms with Gasteiger partial charge in [-0.05, 0) is 29.0 Å². The molecule has 0 fully saturated rings. The Morgan fingerprint density at radius 2 is 1.67 bits per heavy atom. The molecule has 0 spiro atoms. The molecule has 1 aliphatic heterocycles. The van der Waals surface area contributed by atoms with Crippen molar-refractivity contribution >= 4 is 22.4 Å². The van der Waals surface area contributed by atoms with Crippen molar-refractivity contribution in [3.05, 3.63) is 71.8 Å². The first-order chi connectivity index (χ1) is 14.7. The number of carbonyl (C=O) groups is 1. The molecule has 1 unspecified atom stereocenters. The quantitative estimate of drug-likeness (QED) is 0.571. The summed E-state index contributed by atoms with van der Waals surface area (Å²) in [7, 11) is 3.29. The lowest BCUT2D eigenvalue weighted by Gasteiger charge is -2.39. The highest BCUT2D eigenvalue weighted by molar-refractivity contribution is 6.02. The third-order valence-corrected chi connectivity index (χ3v) is 5.31. The predicted octanol–water partition coefficient (Wildman–Crippen LogP) is 4.08. The molecule has 156 valence electrons. The van der Waals surface area contributed by atoms with Gasteiger partial charge >= 0.3 is 0 Å². The Hall–Kier alpha value is -3.09. The SMILES string of the molecule is COCCOc1ccc2ccccc2c1C1Nc2ccccc2C(=O)N1CCOC. The van der Waals surface area contributed by atoms with Gasteiger partial charge in [0.1, 0.15) is 18.5 Å². The fourth-order valence-corrected chi connectivity index (χ4v) is 3.86. The van der Waals surface area contributed by atoms with Crippen LogP contribution in [0.3, 0.4) is 0 Å². The smallest absolute Gasteiger partial charge is 0.257 e. The summed E-state index contributed by atoms with van der Waals surface area (Å²) in [5.74, 6) is 0.708. The van der Waals surface area contributed by atoms with Crippen LogP contribution in [0.15, 0.2) is 60.7 Å². The number of carbonyl (C=O) groups excluding carboxylic acids is 1. The minimum absolute atomic E-state index is 0.0258. The summed E-state index contributed by atoms with van der Waals surface area (Å²) in [6.45, 7) is 1.81. The second-order valence-electron chi connectivity index (χ2n) is 7.12. The van der Waals surface area contributed by atoms with Gasteiger partial charge in [-0.1, -0.05) is 42.5 Å². The Kier molecular flexibility index (Phi) is 6.16. The van der Waals surface area contributed by atoms with Gasteiger partial charge in [0.15, 0.2) is 0 Å². The molecule has 0 saturated carbocycles. The highest BCUT2D eigenvalue weighted by atomic mass is 16.5. The maximum absolute atomic E-state index is 13.4. The van der Waals surface area contributed by atoms with Crippen LogP contribution in [0.1, 0.15) is 22.1 Å². The average Bonchev–Trinajstić information content (AvgIpc) is 2.78. The van der Waals surface area contributed by atoms with Gasteiger partial charge in [0.05, 0.1) is 18.8 Å². The molecule has 0 bridgehead atoms. The van der Waals surface area contributed by atoms with Crippen molar-refractivity contribution in [2.24, 2.45) is 0 Å². The number of ether oxygens (including phenoxy) is 3. The number of nitrogens with zero attached hydrogens (tertiary/aromatic N) is 1. The molecule has 4 rings (SSSR count). The van der Waals surface area contributed by atoms with E-state index in [0.717, 1.165) is 27.8 Å². The van der Waals surface area contributed by atoms with Crippen LogP contribution < -0.4 is 10.1 Å². The third-order valence-electron chi connectivity index (χ3n) is 5.31. The van der Waals surface area contributed by atoms with Crippen LogP contribution in [0.2, 0.25) is 0 Å². The zero-order valence-corrected chi connectivity index (χ0v) is 17.3. The molecule has 30 heavy (non-hydrogen) atoms. The van der Waals surface area contributed by atoms with Crippen molar-refractivity contribution in [1.82, 2.24) is 4.90 Å². The van der Waals surface area contributed by atoms with Crippen LogP contribution >= 0.6 is 0 Å². The molecule has 3 aromatic rings. The first-order valence-corrected chi connectivity index (χ1v) is 10.0. The lowest BCUT2D eigenvalue weighted by molar-refractivity contribution is 0.0606. The van der Waals surface area contributed by atoms with E-state index in [2.05, 4.69) is 17.4 Å². The molecular weight excluding hydrogens is 380 g/mol. The van der Waals surface area contributed by atoms with E-state index < -0.39 is 0 Å². The molecule has 1 heterocycles. The summed E-state index contributed by atoms with van der Waals surface area (Å²) in [6, 6.07) is 19.7. The molecular formula is C24H26N2O4. The second-order valence-corrected chi connectivity index (χ2v) is 7.12. The summed E-state index contributed by atoms with van der Waals surface area (Å²) in [4.78, 5) is 15.2. The number of amides is 1. The standard InChI is InChI=1S/C24H26N2O4/c1-28-14-13-26-23(25-20-10-6-5-9-19(20)24(26)27)22-18-8-4-3-7-17(18)11-12-21(22)30-16-15-29-2/h3-12,23,25H,13-16H2,1-2H3. The highest BCUT2D eigenvalue weighted by Gasteiger charge is 2.35. The Balaban J connectivity index is 1.85. The monoisotopic (exact) mass is 406 g/mol. The van der Waals surface area contributed by atoms with E-state index in [4.69, 9.17) is 14.2 Å². The molecule has 0 aliphatic carbocycles. The van der Waals surface area contributed by atoms with Crippen molar-refractivity contribution in [2.75, 3.05) is 45.9 Å². The second kappa shape index (κ2) is 9.15. The van der Waals surface area contributed by atoms with E-state index >= 15 is 0 Å². The fraction of sp³-hybridized carbons (Fsp3) is 0.292. The number of para-hydroxylation sites is 1. The minimum atomic E-state index is -0.383. The van der Waals surface area contributed by atoms with Crippen LogP contribution in [0.4, 0.5) is 5.69 Å². The van der Waals surface area contributed by atoms with E-state index in [0.29, 0.717) is 31.9 Å². The largest absolute Gasteiger partial charge is 0.491 e. The summed E-state index contributed by atoms with van der Waals surface area (Å²) in [5, 5.41) is 5.69. The number of hydrogen-bond acceptors (Lipinski definition) is 5. The molecule has 0 aromatic heterocycles. The number of benzene rings is 3. The normalized spacial score (nSPS) is 15.7. The zero-order chi connectivity index (χ0) is 20.9. The van der Waals surface area contributed by atoms with Crippen LogP contribution in [0.25, 0.3) is 10.8 Å². The summed E-state index contributed by atoms with van der Waals surface area (Å²) in [6.07, 6.45) is -0.383. The van der Waals surface area contributed by atoms with E-state index in [1.165, 1.54) is 0 Å². The number of hydrogen-bond donors (Lipinski definition) is 1. The predicted molar refractivity (Wildman–Crippen MR) is 117 cm³/mol. The topological polar surface area (TPSA) is 60.0 Å². The van der Waals surface area contributed by atoms with Crippen molar-refractivity contribution in [3.63, 3.8) is 0 Å². The van der Waals surface area contributed by atoms with E-state index in [9.17, 15) is 4.79 Å². The van der Waals surface area contributed by atoms with Gasteiger partial charge in [-0.15, -0.1) is 0 Å². The third kappa shape index (κ3) is 3.84. The van der Waals surface area contributed by atoms with E-state index in [1.54, 1.807) is 14.2 Å². The molecule has 0 radical (unpaired) electrons. The van der Waals surface area contributed by atoms with Gasteiger partial charge in [0.25, 0.3) is 5.91 Å². The van der Waals surface area contributed by atoms with Crippen molar-refractivity contribution in [1.29, 1.82) is 0 Å². The van der Waals surface area contributed by atoms with Crippen molar-refractivity contribution < 1.29 is 19.0 Å². The Bertz CT molecular complexity index is 1040. The Morgan fingerprint density at radius 1 is 0.900 bits per heavy atom. The maximum Gasteiger partial charge on any atom is 0.257 e. The number of nitrogens with one attached hydrogen (secondary N) is 1. The first-order valence-electron chi connectivity index (χ1n) is 10.0. The van der Waals surface area contributed by atoms with E-state index in [1.807, 2.05) is 53.4 Å². The lowest BCUT2D eigenvalue weighted by Crippen LogP contribution is -2.44. The average molecular weight is 406 g/mol. The molecule has 1 aliphatic rings. The minimum Gasteiger partial charge on any atom is -0.491 e. The molecule has 6 heteroatoms. The van der Waals surface area contributed by atoms with E-state index in [-0.39, 0.29) is 12.1 Å². The number of fused-ring (bicyclic) bond motifs is 2. The number of anilines is 1. The zero-order valence-electron chi connectivity index (χ0n) is 17.3. The number of rotatable bonds is 8. The number of methoxy groups -OCH3 is 2. The molecule has 1 N–H and O–H groups in total. The van der Waals surface area contributed by atoms with Gasteiger partial charge < -0.3 is 24.4 Å². The van der Waals surface area contributed by atoms with Crippen molar-refractivity contribution in [2.45, 2.75) is 6.17 Å². The Morgan fingerprint density at radius 3 is 2.50 bits per heavy atom. The molecule has 1 atom stereocenters. The molecule has 3 aromatic carbocycles. The summed E-state index contributed by atoms with van der Waals surface area (Å²) in [5.41, 5.74) is 2.41. The fourth-order valence-electron chi connectivity index (χ4n) is 3.86. The van der Waals surface area contributed by atoms with Gasteiger partial charge in [-0.3, -0.25) is 4.79 Å². The first kappa shape index (κ1) is 20.2. The highest BCUT2D eigenvalue weighted by Crippen LogP contribution is 2.40. The molecule has 1 amide bonds.